The van der Waals surface area contributed by atoms with E-state index in [0.717, 1.165) is 23.4 Å². The number of sulfonamides is 1. The number of allylic oxidation sites excluding steroid dienone is 2. The number of nitrogens with zero attached hydrogens (tertiary/aromatic N) is 5. The van der Waals surface area contributed by atoms with Gasteiger partial charge in [0.1, 0.15) is 22.9 Å². The molecule has 1 aromatic carbocycles. The first-order chi connectivity index (χ1) is 25.1. The fourth-order valence-corrected chi connectivity index (χ4v) is 8.84. The Labute approximate surface area is 308 Å². The van der Waals surface area contributed by atoms with E-state index < -0.39 is 56.5 Å². The van der Waals surface area contributed by atoms with Crippen molar-refractivity contribution in [3.05, 3.63) is 53.3 Å². The van der Waals surface area contributed by atoms with Gasteiger partial charge in [-0.15, -0.1) is 0 Å². The third-order valence-corrected chi connectivity index (χ3v) is 12.6. The van der Waals surface area contributed by atoms with Crippen molar-refractivity contribution in [3.63, 3.8) is 0 Å². The standard InChI is InChI=1S/C35H38ClF3N6O7S/c1-43-13-6-4-3-5-7-21-17-34(21,33(48)42-53(49,50)23-9-10-23)18-28(46)44-19-22(16-24(44)32(43)47)52-26-15-20-8-11-25(51-2)29(36)30(20)40-31(26)45-14-12-27(41-45)35(37,38)39/h5,7-8,11-12,14-15,21-24H,3-4,6,9-10,13,16-19H2,1-2H3,(H,42,48)/b7-5-/t21-,22+,24+,34-/m1/s1. The third kappa shape index (κ3) is 7.29. The monoisotopic (exact) mass is 778 g/mol. The molecule has 4 atom stereocenters. The molecule has 4 aliphatic rings. The molecule has 3 aromatic rings. The minimum Gasteiger partial charge on any atom is -0.495 e. The number of hydrogen-bond acceptors (Lipinski definition) is 9. The fraction of sp³-hybridized carbons (Fsp3) is 0.514. The van der Waals surface area contributed by atoms with Crippen LogP contribution in [0, 0.1) is 11.3 Å². The lowest BCUT2D eigenvalue weighted by atomic mass is 9.96. The molecule has 0 unspecified atom stereocenters. The average molecular weight is 779 g/mol. The Balaban J connectivity index is 1.22. The highest BCUT2D eigenvalue weighted by Gasteiger charge is 2.61. The Morgan fingerprint density at radius 3 is 2.60 bits per heavy atom. The zero-order valence-electron chi connectivity index (χ0n) is 28.9. The Morgan fingerprint density at radius 2 is 1.91 bits per heavy atom. The molecule has 0 spiro atoms. The highest BCUT2D eigenvalue weighted by atomic mass is 35.5. The fourth-order valence-electron chi connectivity index (χ4n) is 7.16. The summed E-state index contributed by atoms with van der Waals surface area (Å²) in [4.78, 5) is 49.2. The van der Waals surface area contributed by atoms with Crippen LogP contribution in [-0.2, 0) is 30.6 Å². The van der Waals surface area contributed by atoms with E-state index in [4.69, 9.17) is 21.1 Å². The molecule has 53 heavy (non-hydrogen) atoms. The van der Waals surface area contributed by atoms with Crippen molar-refractivity contribution in [1.82, 2.24) is 29.3 Å². The lowest BCUT2D eigenvalue weighted by molar-refractivity contribution is -0.144. The number of carbonyl (C=O) groups is 3. The first kappa shape index (κ1) is 37.0. The first-order valence-electron chi connectivity index (χ1n) is 17.4. The summed E-state index contributed by atoms with van der Waals surface area (Å²) in [6, 6.07) is 4.61. The van der Waals surface area contributed by atoms with Gasteiger partial charge in [-0.05, 0) is 68.7 Å². The number of benzene rings is 1. The Kier molecular flexibility index (Phi) is 9.62. The highest BCUT2D eigenvalue weighted by molar-refractivity contribution is 7.90. The van der Waals surface area contributed by atoms with Gasteiger partial charge in [-0.1, -0.05) is 23.8 Å². The summed E-state index contributed by atoms with van der Waals surface area (Å²) in [5.41, 5.74) is -2.24. The van der Waals surface area contributed by atoms with Gasteiger partial charge in [-0.2, -0.15) is 18.3 Å². The molecule has 0 radical (unpaired) electrons. The van der Waals surface area contributed by atoms with Crippen molar-refractivity contribution < 1.29 is 45.4 Å². The highest BCUT2D eigenvalue weighted by Crippen LogP contribution is 2.57. The zero-order valence-corrected chi connectivity index (χ0v) is 30.5. The second-order valence-corrected chi connectivity index (χ2v) is 16.5. The average Bonchev–Trinajstić information content (AvgIpc) is 3.98. The van der Waals surface area contributed by atoms with Crippen molar-refractivity contribution in [3.8, 4) is 17.3 Å². The maximum Gasteiger partial charge on any atom is 0.435 e. The SMILES string of the molecule is COc1ccc2cc(O[C@H]3C[C@H]4C(=O)N(C)CCCC/C=C\[C@@H]5C[C@@]5(C(=O)NS(=O)(=O)C5CC5)CC(=O)N4C3)c(-n3ccc(C(F)(F)F)n3)nc2c1Cl. The number of methoxy groups -OCH3 is 1. The van der Waals surface area contributed by atoms with Gasteiger partial charge in [0.15, 0.2) is 17.3 Å². The van der Waals surface area contributed by atoms with Gasteiger partial charge in [0, 0.05) is 38.0 Å². The summed E-state index contributed by atoms with van der Waals surface area (Å²) < 4.78 is 81.1. The zero-order chi connectivity index (χ0) is 37.9. The van der Waals surface area contributed by atoms with Crippen LogP contribution in [0.15, 0.2) is 42.6 Å². The molecule has 284 valence electrons. The Morgan fingerprint density at radius 1 is 1.13 bits per heavy atom. The Bertz CT molecular complexity index is 2110. The van der Waals surface area contributed by atoms with Crippen LogP contribution < -0.4 is 14.2 Å². The predicted octanol–water partition coefficient (Wildman–Crippen LogP) is 4.65. The number of fused-ring (bicyclic) bond motifs is 3. The predicted molar refractivity (Wildman–Crippen MR) is 186 cm³/mol. The molecule has 2 aliphatic heterocycles. The number of ether oxygens (including phenoxy) is 2. The van der Waals surface area contributed by atoms with Crippen LogP contribution in [0.2, 0.25) is 5.02 Å². The molecule has 7 rings (SSSR count). The number of nitrogens with one attached hydrogen (secondary N) is 1. The van der Waals surface area contributed by atoms with E-state index in [0.29, 0.717) is 43.4 Å². The number of carbonyl (C=O) groups excluding carboxylic acids is 3. The largest absolute Gasteiger partial charge is 0.495 e. The molecule has 4 heterocycles. The van der Waals surface area contributed by atoms with Crippen LogP contribution in [0.25, 0.3) is 16.7 Å². The molecule has 13 nitrogen and oxygen atoms in total. The molecule has 2 aromatic heterocycles. The maximum absolute atomic E-state index is 14.2. The topological polar surface area (TPSA) is 153 Å². The van der Waals surface area contributed by atoms with Gasteiger partial charge < -0.3 is 19.3 Å². The van der Waals surface area contributed by atoms with Crippen LogP contribution in [0.1, 0.15) is 57.1 Å². The second kappa shape index (κ2) is 13.8. The van der Waals surface area contributed by atoms with Crippen molar-refractivity contribution in [2.45, 2.75) is 74.9 Å². The third-order valence-electron chi connectivity index (χ3n) is 10.4. The summed E-state index contributed by atoms with van der Waals surface area (Å²) in [6.45, 7) is 0.338. The summed E-state index contributed by atoms with van der Waals surface area (Å²) in [5, 5.41) is 3.65. The number of alkyl halides is 3. The normalized spacial score (nSPS) is 26.1. The van der Waals surface area contributed by atoms with Crippen LogP contribution in [-0.4, -0.2) is 95.3 Å². The van der Waals surface area contributed by atoms with Gasteiger partial charge in [-0.3, -0.25) is 19.1 Å². The summed E-state index contributed by atoms with van der Waals surface area (Å²) in [6.07, 6.45) is 2.38. The number of hydrogen-bond donors (Lipinski definition) is 1. The molecule has 18 heteroatoms. The molecular weight excluding hydrogens is 741 g/mol. The lowest BCUT2D eigenvalue weighted by Crippen LogP contribution is -2.48. The molecule has 1 N–H and O–H groups in total. The number of halogens is 4. The second-order valence-electron chi connectivity index (χ2n) is 14.1. The number of pyridine rings is 1. The molecular formula is C35H38ClF3N6O7S. The Hall–Kier alpha value is -4.38. The molecule has 3 fully saturated rings. The minimum absolute atomic E-state index is 0.0221. The van der Waals surface area contributed by atoms with Gasteiger partial charge in [0.2, 0.25) is 27.7 Å². The molecule has 0 bridgehead atoms. The van der Waals surface area contributed by atoms with Gasteiger partial charge in [0.05, 0.1) is 29.8 Å². The maximum atomic E-state index is 14.2. The number of aromatic nitrogens is 3. The quantitative estimate of drug-likeness (QED) is 0.338. The molecule has 3 amide bonds. The lowest BCUT2D eigenvalue weighted by Gasteiger charge is -2.29. The molecule has 2 aliphatic carbocycles. The van der Waals surface area contributed by atoms with Crippen LogP contribution in [0.4, 0.5) is 13.2 Å². The molecule has 1 saturated heterocycles. The van der Waals surface area contributed by atoms with E-state index in [-0.39, 0.29) is 59.7 Å². The smallest absolute Gasteiger partial charge is 0.435 e. The van der Waals surface area contributed by atoms with Crippen LogP contribution in [0.5, 0.6) is 11.5 Å². The van der Waals surface area contributed by atoms with Crippen molar-refractivity contribution in [2.24, 2.45) is 11.3 Å². The van der Waals surface area contributed by atoms with E-state index in [1.54, 1.807) is 30.1 Å². The van der Waals surface area contributed by atoms with Gasteiger partial charge in [-0.25, -0.2) is 18.1 Å². The summed E-state index contributed by atoms with van der Waals surface area (Å²) >= 11 is 6.54. The van der Waals surface area contributed by atoms with Crippen molar-refractivity contribution in [2.75, 3.05) is 27.2 Å². The van der Waals surface area contributed by atoms with Crippen LogP contribution in [0.3, 0.4) is 0 Å². The summed E-state index contributed by atoms with van der Waals surface area (Å²) in [5.74, 6) is -1.75. The van der Waals surface area contributed by atoms with Gasteiger partial charge >= 0.3 is 6.18 Å². The van der Waals surface area contributed by atoms with Crippen LogP contribution >= 0.6 is 11.6 Å². The number of likely N-dealkylation sites (N-methyl/N-ethyl adjacent to an activating group) is 1. The minimum atomic E-state index is -4.73. The van der Waals surface area contributed by atoms with Crippen molar-refractivity contribution >= 4 is 50.2 Å². The van der Waals surface area contributed by atoms with E-state index in [2.05, 4.69) is 14.8 Å². The van der Waals surface area contributed by atoms with Gasteiger partial charge in [0.25, 0.3) is 0 Å². The van der Waals surface area contributed by atoms with E-state index in [1.807, 2.05) is 12.2 Å². The molecule has 2 saturated carbocycles. The van der Waals surface area contributed by atoms with Crippen molar-refractivity contribution in [1.29, 1.82) is 0 Å². The van der Waals surface area contributed by atoms with E-state index >= 15 is 0 Å². The van der Waals surface area contributed by atoms with E-state index in [1.165, 1.54) is 12.0 Å². The number of amides is 3. The first-order valence-corrected chi connectivity index (χ1v) is 19.3. The summed E-state index contributed by atoms with van der Waals surface area (Å²) in [7, 11) is -0.820. The number of rotatable bonds is 7. The van der Waals surface area contributed by atoms with E-state index in [9.17, 15) is 36.0 Å².